The molecule has 1 heterocycles. The van der Waals surface area contributed by atoms with Crippen molar-refractivity contribution in [3.63, 3.8) is 0 Å². The molecule has 0 amide bonds. The normalized spacial score (nSPS) is 19.7. The van der Waals surface area contributed by atoms with Crippen molar-refractivity contribution in [2.45, 2.75) is 57.4 Å². The molecule has 0 radical (unpaired) electrons. The summed E-state index contributed by atoms with van der Waals surface area (Å²) in [7, 11) is 4.38. The Morgan fingerprint density at radius 1 is 1.32 bits per heavy atom. The predicted octanol–water partition coefficient (Wildman–Crippen LogP) is 4.09. The van der Waals surface area contributed by atoms with Crippen LogP contribution in [0.15, 0.2) is 22.7 Å². The predicted molar refractivity (Wildman–Crippen MR) is 113 cm³/mol. The minimum atomic E-state index is -1.08. The molecule has 0 aromatic heterocycles. The van der Waals surface area contributed by atoms with Gasteiger partial charge in [-0.15, -0.1) is 4.72 Å². The molecule has 1 aromatic carbocycles. The van der Waals surface area contributed by atoms with E-state index in [0.29, 0.717) is 6.04 Å². The Morgan fingerprint density at radius 3 is 2.44 bits per heavy atom. The summed E-state index contributed by atoms with van der Waals surface area (Å²) in [4.78, 5) is 4.79. The zero-order valence-electron chi connectivity index (χ0n) is 16.3. The summed E-state index contributed by atoms with van der Waals surface area (Å²) in [5.41, 5.74) is 2.37. The molecule has 0 saturated carbocycles. The molecule has 0 aliphatic carbocycles. The highest BCUT2D eigenvalue weighted by molar-refractivity contribution is 9.10. The first-order valence-corrected chi connectivity index (χ1v) is 10.9. The highest BCUT2D eigenvalue weighted by Gasteiger charge is 2.29. The average molecular weight is 430 g/mol. The van der Waals surface area contributed by atoms with Crippen molar-refractivity contribution >= 4 is 33.0 Å². The zero-order chi connectivity index (χ0) is 18.8. The maximum Gasteiger partial charge on any atom is 0.136 e. The van der Waals surface area contributed by atoms with E-state index in [9.17, 15) is 4.55 Å². The van der Waals surface area contributed by atoms with Gasteiger partial charge in [-0.3, -0.25) is 0 Å². The molecule has 6 heteroatoms. The molecule has 0 unspecified atom stereocenters. The Labute approximate surface area is 164 Å². The topological polar surface area (TPSA) is 41.6 Å². The van der Waals surface area contributed by atoms with E-state index in [-0.39, 0.29) is 10.8 Å². The molecule has 1 aliphatic heterocycles. The second kappa shape index (κ2) is 8.61. The molecule has 1 saturated heterocycles. The number of nitrogens with one attached hydrogen (secondary N) is 1. The van der Waals surface area contributed by atoms with Crippen molar-refractivity contribution < 1.29 is 4.55 Å². The number of likely N-dealkylation sites (tertiary alicyclic amines) is 1. The number of hydrogen-bond acceptors (Lipinski definition) is 4. The van der Waals surface area contributed by atoms with Gasteiger partial charge >= 0.3 is 0 Å². The fourth-order valence-electron chi connectivity index (χ4n) is 3.08. The van der Waals surface area contributed by atoms with Crippen molar-refractivity contribution in [2.75, 3.05) is 32.1 Å². The Morgan fingerprint density at radius 2 is 1.92 bits per heavy atom. The van der Waals surface area contributed by atoms with Gasteiger partial charge in [-0.1, -0.05) is 22.0 Å². The lowest BCUT2D eigenvalue weighted by atomic mass is 10.0. The zero-order valence-corrected chi connectivity index (χ0v) is 18.7. The van der Waals surface area contributed by atoms with Gasteiger partial charge in [0.15, 0.2) is 0 Å². The molecule has 142 valence electrons. The molecule has 0 spiro atoms. The first kappa shape index (κ1) is 21.0. The summed E-state index contributed by atoms with van der Waals surface area (Å²) >= 11 is 2.63. The van der Waals surface area contributed by atoms with Crippen LogP contribution in [0.5, 0.6) is 0 Å². The van der Waals surface area contributed by atoms with Gasteiger partial charge in [-0.05, 0) is 78.4 Å². The third-order valence-electron chi connectivity index (χ3n) is 4.93. The van der Waals surface area contributed by atoms with E-state index in [2.05, 4.69) is 69.7 Å². The Kier molecular flexibility index (Phi) is 7.25. The smallest absolute Gasteiger partial charge is 0.136 e. The first-order valence-electron chi connectivity index (χ1n) is 8.98. The van der Waals surface area contributed by atoms with Gasteiger partial charge in [0, 0.05) is 34.6 Å². The lowest BCUT2D eigenvalue weighted by Crippen LogP contribution is -2.42. The van der Waals surface area contributed by atoms with E-state index in [1.807, 2.05) is 20.8 Å². The molecule has 4 nitrogen and oxygen atoms in total. The number of benzene rings is 1. The minimum Gasteiger partial charge on any atom is -0.598 e. The Hall–Kier alpha value is -0.270. The van der Waals surface area contributed by atoms with E-state index < -0.39 is 11.4 Å². The molecule has 2 atom stereocenters. The van der Waals surface area contributed by atoms with E-state index in [1.165, 1.54) is 18.5 Å². The second-order valence-electron chi connectivity index (χ2n) is 8.07. The van der Waals surface area contributed by atoms with Crippen LogP contribution in [0.3, 0.4) is 0 Å². The second-order valence-corrected chi connectivity index (χ2v) is 10.9. The average Bonchev–Trinajstić information content (AvgIpc) is 2.53. The van der Waals surface area contributed by atoms with Gasteiger partial charge in [0.2, 0.25) is 0 Å². The lowest BCUT2D eigenvalue weighted by molar-refractivity contribution is 0.253. The van der Waals surface area contributed by atoms with Crippen LogP contribution >= 0.6 is 15.9 Å². The van der Waals surface area contributed by atoms with Crippen LogP contribution < -0.4 is 9.62 Å². The van der Waals surface area contributed by atoms with Crippen LogP contribution in [-0.2, 0) is 11.4 Å². The van der Waals surface area contributed by atoms with Gasteiger partial charge in [-0.2, -0.15) is 0 Å². The van der Waals surface area contributed by atoms with Crippen LogP contribution in [0.1, 0.15) is 52.1 Å². The van der Waals surface area contributed by atoms with Gasteiger partial charge < -0.3 is 14.4 Å². The van der Waals surface area contributed by atoms with Crippen molar-refractivity contribution in [3.05, 3.63) is 28.2 Å². The largest absolute Gasteiger partial charge is 0.598 e. The molecular weight excluding hydrogens is 398 g/mol. The fraction of sp³-hybridized carbons (Fsp3) is 0.684. The molecular formula is C19H32BrN3OS. The number of nitrogens with zero attached hydrogens (tertiary/aromatic N) is 2. The number of piperidine rings is 1. The van der Waals surface area contributed by atoms with Crippen LogP contribution in [0, 0.1) is 0 Å². The van der Waals surface area contributed by atoms with Crippen LogP contribution in [0.25, 0.3) is 0 Å². The van der Waals surface area contributed by atoms with Crippen LogP contribution in [0.4, 0.5) is 5.69 Å². The van der Waals surface area contributed by atoms with Gasteiger partial charge in [0.1, 0.15) is 4.75 Å². The van der Waals surface area contributed by atoms with Gasteiger partial charge in [0.25, 0.3) is 0 Å². The summed E-state index contributed by atoms with van der Waals surface area (Å²) in [5, 5.41) is 0. The van der Waals surface area contributed by atoms with Gasteiger partial charge in [0.05, 0.1) is 6.04 Å². The third-order valence-corrected chi connectivity index (χ3v) is 7.30. The Bertz CT molecular complexity index is 570. The number of hydrogen-bond donors (Lipinski definition) is 1. The summed E-state index contributed by atoms with van der Waals surface area (Å²) in [6.45, 7) is 10.3. The molecule has 1 N–H and O–H groups in total. The first-order chi connectivity index (χ1) is 11.6. The van der Waals surface area contributed by atoms with Crippen molar-refractivity contribution in [1.82, 2.24) is 9.62 Å². The summed E-state index contributed by atoms with van der Waals surface area (Å²) < 4.78 is 16.4. The van der Waals surface area contributed by atoms with E-state index in [0.717, 1.165) is 23.1 Å². The summed E-state index contributed by atoms with van der Waals surface area (Å²) in [5.74, 6) is 0. The third kappa shape index (κ3) is 5.60. The van der Waals surface area contributed by atoms with E-state index >= 15 is 0 Å². The lowest BCUT2D eigenvalue weighted by Gasteiger charge is -2.36. The molecule has 1 aliphatic rings. The molecule has 25 heavy (non-hydrogen) atoms. The number of halogens is 1. The summed E-state index contributed by atoms with van der Waals surface area (Å²) in [6, 6.07) is 7.13. The molecule has 1 aromatic rings. The quantitative estimate of drug-likeness (QED) is 0.715. The number of anilines is 1. The van der Waals surface area contributed by atoms with Crippen LogP contribution in [0.2, 0.25) is 0 Å². The van der Waals surface area contributed by atoms with E-state index in [4.69, 9.17) is 0 Å². The van der Waals surface area contributed by atoms with E-state index in [1.54, 1.807) is 0 Å². The number of rotatable bonds is 5. The van der Waals surface area contributed by atoms with Crippen molar-refractivity contribution in [2.24, 2.45) is 0 Å². The highest BCUT2D eigenvalue weighted by Crippen LogP contribution is 2.31. The summed E-state index contributed by atoms with van der Waals surface area (Å²) in [6.07, 6.45) is 2.41. The molecule has 2 rings (SSSR count). The standard InChI is InChI=1S/C19H32BrN3OS/c1-14(21-25(24)19(2,3)4)17-8-7-16(13-18(17)20)23(6)15-9-11-22(5)12-10-15/h7-8,13-15,21H,9-12H2,1-6H3/t14-,25+/m0/s1. The fourth-order valence-corrected chi connectivity index (χ4v) is 4.59. The monoisotopic (exact) mass is 429 g/mol. The minimum absolute atomic E-state index is 0.0251. The van der Waals surface area contributed by atoms with Crippen molar-refractivity contribution in [1.29, 1.82) is 0 Å². The SMILES string of the molecule is C[C@H](N[S@+]([O-])C(C)(C)C)c1ccc(N(C)C2CCN(C)CC2)cc1Br. The van der Waals surface area contributed by atoms with Gasteiger partial charge in [-0.25, -0.2) is 0 Å². The molecule has 1 fully saturated rings. The Balaban J connectivity index is 2.07. The van der Waals surface area contributed by atoms with Crippen molar-refractivity contribution in [3.8, 4) is 0 Å². The molecule has 0 bridgehead atoms. The highest BCUT2D eigenvalue weighted by atomic mass is 79.9. The maximum absolute atomic E-state index is 12.3. The van der Waals surface area contributed by atoms with Crippen LogP contribution in [-0.4, -0.2) is 47.4 Å². The maximum atomic E-state index is 12.3.